The highest BCUT2D eigenvalue weighted by atomic mass is 16.6. The number of hydrogen-bond donors (Lipinski definition) is 1. The minimum atomic E-state index is -0.433. The van der Waals surface area contributed by atoms with Crippen molar-refractivity contribution in [3.63, 3.8) is 0 Å². The molecule has 3 rings (SSSR count). The quantitative estimate of drug-likeness (QED) is 0.674. The predicted molar refractivity (Wildman–Crippen MR) is 72.0 cm³/mol. The first-order valence-corrected chi connectivity index (χ1v) is 5.96. The van der Waals surface area contributed by atoms with Crippen molar-refractivity contribution in [3.05, 3.63) is 58.4 Å². The second kappa shape index (κ2) is 4.56. The van der Waals surface area contributed by atoms with Crippen LogP contribution in [0, 0.1) is 10.1 Å². The van der Waals surface area contributed by atoms with Gasteiger partial charge in [-0.25, -0.2) is 0 Å². The van der Waals surface area contributed by atoms with Crippen molar-refractivity contribution < 1.29 is 4.92 Å². The van der Waals surface area contributed by atoms with Gasteiger partial charge in [-0.2, -0.15) is 0 Å². The lowest BCUT2D eigenvalue weighted by Gasteiger charge is -2.21. The lowest BCUT2D eigenvalue weighted by molar-refractivity contribution is -0.384. The average Bonchev–Trinajstić information content (AvgIpc) is 2.83. The molecule has 0 aliphatic carbocycles. The number of hydrogen-bond acceptors (Lipinski definition) is 5. The van der Waals surface area contributed by atoms with Crippen molar-refractivity contribution in [2.24, 2.45) is 0 Å². The first kappa shape index (κ1) is 11.5. The van der Waals surface area contributed by atoms with Crippen LogP contribution >= 0.6 is 0 Å². The number of para-hydroxylation sites is 1. The minimum absolute atomic E-state index is 0.0214. The van der Waals surface area contributed by atoms with Crippen LogP contribution in [0.4, 0.5) is 17.1 Å². The molecule has 1 aliphatic heterocycles. The normalized spacial score (nSPS) is 13.2. The molecule has 6 heteroatoms. The van der Waals surface area contributed by atoms with Crippen molar-refractivity contribution in [2.75, 3.05) is 17.0 Å². The number of fused-ring (bicyclic) bond motifs is 1. The Bertz CT molecular complexity index is 630. The molecule has 19 heavy (non-hydrogen) atoms. The molecule has 96 valence electrons. The van der Waals surface area contributed by atoms with Crippen molar-refractivity contribution in [1.82, 2.24) is 4.98 Å². The third kappa shape index (κ3) is 2.08. The van der Waals surface area contributed by atoms with E-state index in [0.29, 0.717) is 5.69 Å². The van der Waals surface area contributed by atoms with Gasteiger partial charge in [0.25, 0.3) is 0 Å². The molecular formula is C13H12N4O2. The predicted octanol–water partition coefficient (Wildman–Crippen LogP) is 2.38. The van der Waals surface area contributed by atoms with Gasteiger partial charge in [-0.3, -0.25) is 25.5 Å². The Balaban J connectivity index is 1.90. The van der Waals surface area contributed by atoms with Crippen LogP contribution in [0.3, 0.4) is 0 Å². The zero-order chi connectivity index (χ0) is 13.2. The van der Waals surface area contributed by atoms with Gasteiger partial charge in [-0.05, 0) is 24.1 Å². The van der Waals surface area contributed by atoms with E-state index in [1.807, 2.05) is 23.2 Å². The molecule has 0 atom stereocenters. The summed E-state index contributed by atoms with van der Waals surface area (Å²) in [5, 5.41) is 12.9. The molecule has 1 aromatic carbocycles. The molecule has 0 spiro atoms. The Morgan fingerprint density at radius 1 is 1.32 bits per heavy atom. The van der Waals surface area contributed by atoms with Crippen LogP contribution in [-0.4, -0.2) is 16.5 Å². The van der Waals surface area contributed by atoms with E-state index < -0.39 is 4.92 Å². The fourth-order valence-electron chi connectivity index (χ4n) is 2.23. The molecular weight excluding hydrogens is 244 g/mol. The third-order valence-corrected chi connectivity index (χ3v) is 3.14. The zero-order valence-corrected chi connectivity index (χ0v) is 10.1. The molecule has 0 saturated heterocycles. The molecule has 1 aliphatic rings. The van der Waals surface area contributed by atoms with E-state index in [1.165, 1.54) is 18.0 Å². The fraction of sp³-hybridized carbons (Fsp3) is 0.154. The number of benzene rings is 1. The van der Waals surface area contributed by atoms with E-state index in [9.17, 15) is 10.1 Å². The molecule has 0 fully saturated rings. The van der Waals surface area contributed by atoms with Crippen molar-refractivity contribution in [3.8, 4) is 0 Å². The van der Waals surface area contributed by atoms with Crippen molar-refractivity contribution >= 4 is 17.1 Å². The second-order valence-corrected chi connectivity index (χ2v) is 4.29. The molecule has 0 saturated carbocycles. The SMILES string of the molecule is O=[N+]([O-])c1cnccc1NN1CCc2ccccc21. The summed E-state index contributed by atoms with van der Waals surface area (Å²) in [6.07, 6.45) is 3.73. The third-order valence-electron chi connectivity index (χ3n) is 3.14. The van der Waals surface area contributed by atoms with Gasteiger partial charge in [-0.1, -0.05) is 18.2 Å². The highest BCUT2D eigenvalue weighted by molar-refractivity contribution is 5.67. The van der Waals surface area contributed by atoms with Gasteiger partial charge in [0.1, 0.15) is 11.9 Å². The highest BCUT2D eigenvalue weighted by Crippen LogP contribution is 2.30. The lowest BCUT2D eigenvalue weighted by Crippen LogP contribution is -2.27. The van der Waals surface area contributed by atoms with Crippen molar-refractivity contribution in [1.29, 1.82) is 0 Å². The summed E-state index contributed by atoms with van der Waals surface area (Å²) in [7, 11) is 0. The summed E-state index contributed by atoms with van der Waals surface area (Å²) in [6.45, 7) is 0.790. The summed E-state index contributed by atoms with van der Waals surface area (Å²) in [5.41, 5.74) is 5.84. The van der Waals surface area contributed by atoms with Gasteiger partial charge in [0.15, 0.2) is 0 Å². The average molecular weight is 256 g/mol. The topological polar surface area (TPSA) is 71.3 Å². The maximum atomic E-state index is 10.9. The van der Waals surface area contributed by atoms with Crippen LogP contribution in [0.5, 0.6) is 0 Å². The number of nitrogens with zero attached hydrogens (tertiary/aromatic N) is 3. The molecule has 1 N–H and O–H groups in total. The number of anilines is 2. The summed E-state index contributed by atoms with van der Waals surface area (Å²) in [4.78, 5) is 14.3. The molecule has 2 heterocycles. The van der Waals surface area contributed by atoms with E-state index in [4.69, 9.17) is 0 Å². The number of rotatable bonds is 3. The molecule has 2 aromatic rings. The van der Waals surface area contributed by atoms with Gasteiger partial charge in [0, 0.05) is 12.7 Å². The Morgan fingerprint density at radius 2 is 2.16 bits per heavy atom. The van der Waals surface area contributed by atoms with Gasteiger partial charge in [-0.15, -0.1) is 0 Å². The maximum Gasteiger partial charge on any atom is 0.312 e. The minimum Gasteiger partial charge on any atom is -0.292 e. The van der Waals surface area contributed by atoms with Crippen LogP contribution in [-0.2, 0) is 6.42 Å². The van der Waals surface area contributed by atoms with E-state index >= 15 is 0 Å². The van der Waals surface area contributed by atoms with E-state index in [2.05, 4.69) is 16.5 Å². The van der Waals surface area contributed by atoms with Crippen LogP contribution < -0.4 is 10.4 Å². The second-order valence-electron chi connectivity index (χ2n) is 4.29. The Labute approximate surface area is 109 Å². The van der Waals surface area contributed by atoms with Gasteiger partial charge >= 0.3 is 5.69 Å². The lowest BCUT2D eigenvalue weighted by atomic mass is 10.2. The monoisotopic (exact) mass is 256 g/mol. The van der Waals surface area contributed by atoms with Gasteiger partial charge < -0.3 is 0 Å². The van der Waals surface area contributed by atoms with Crippen LogP contribution in [0.15, 0.2) is 42.7 Å². The maximum absolute atomic E-state index is 10.9. The number of pyridine rings is 1. The van der Waals surface area contributed by atoms with Crippen molar-refractivity contribution in [2.45, 2.75) is 6.42 Å². The molecule has 1 aromatic heterocycles. The summed E-state index contributed by atoms with van der Waals surface area (Å²) < 4.78 is 0. The number of nitrogens with one attached hydrogen (secondary N) is 1. The van der Waals surface area contributed by atoms with Crippen LogP contribution in [0.25, 0.3) is 0 Å². The first-order chi connectivity index (χ1) is 9.25. The zero-order valence-electron chi connectivity index (χ0n) is 10.1. The van der Waals surface area contributed by atoms with Gasteiger partial charge in [0.2, 0.25) is 0 Å². The Kier molecular flexibility index (Phi) is 2.75. The van der Waals surface area contributed by atoms with E-state index in [-0.39, 0.29) is 5.69 Å². The van der Waals surface area contributed by atoms with Gasteiger partial charge in [0.05, 0.1) is 10.6 Å². The van der Waals surface area contributed by atoms with Crippen LogP contribution in [0.1, 0.15) is 5.56 Å². The number of aromatic nitrogens is 1. The largest absolute Gasteiger partial charge is 0.312 e. The molecule has 0 unspecified atom stereocenters. The summed E-state index contributed by atoms with van der Waals surface area (Å²) >= 11 is 0. The number of hydrazine groups is 1. The summed E-state index contributed by atoms with van der Waals surface area (Å²) in [6, 6.07) is 9.64. The molecule has 6 nitrogen and oxygen atoms in total. The van der Waals surface area contributed by atoms with E-state index in [1.54, 1.807) is 6.07 Å². The Morgan fingerprint density at radius 3 is 3.00 bits per heavy atom. The molecule has 0 radical (unpaired) electrons. The number of nitro groups is 1. The van der Waals surface area contributed by atoms with E-state index in [0.717, 1.165) is 18.7 Å². The highest BCUT2D eigenvalue weighted by Gasteiger charge is 2.21. The smallest absolute Gasteiger partial charge is 0.292 e. The molecule has 0 bridgehead atoms. The Hall–Kier alpha value is -2.63. The first-order valence-electron chi connectivity index (χ1n) is 5.96. The van der Waals surface area contributed by atoms with Crippen LogP contribution in [0.2, 0.25) is 0 Å². The summed E-state index contributed by atoms with van der Waals surface area (Å²) in [5.74, 6) is 0. The fourth-order valence-corrected chi connectivity index (χ4v) is 2.23. The standard InChI is InChI=1S/C13H12N4O2/c18-17(19)13-9-14-7-5-11(13)15-16-8-6-10-3-1-2-4-12(10)16/h1-5,7,9H,6,8H2,(H,14,15). The molecule has 0 amide bonds.